The van der Waals surface area contributed by atoms with Crippen LogP contribution in [0, 0.1) is 13.1 Å². The summed E-state index contributed by atoms with van der Waals surface area (Å²) in [6.45, 7) is 1.91. The SMILES string of the molecule is [B-]c1[nH]c(C)[c-][n+]1C. The zero-order chi connectivity index (χ0) is 6.15. The third kappa shape index (κ3) is 0.758. The Labute approximate surface area is 50.0 Å². The molecule has 0 aliphatic heterocycles. The maximum Gasteiger partial charge on any atom is 0.0423 e. The molecule has 0 atom stereocenters. The van der Waals surface area contributed by atoms with Gasteiger partial charge in [0.15, 0.2) is 0 Å². The van der Waals surface area contributed by atoms with Gasteiger partial charge in [0.25, 0.3) is 0 Å². The van der Waals surface area contributed by atoms with E-state index in [0.717, 1.165) is 5.69 Å². The molecule has 8 heavy (non-hydrogen) atoms. The monoisotopic (exact) mass is 106 g/mol. The first-order valence-corrected chi connectivity index (χ1v) is 2.43. The van der Waals surface area contributed by atoms with Crippen LogP contribution in [0.15, 0.2) is 0 Å². The van der Waals surface area contributed by atoms with E-state index in [-0.39, 0.29) is 0 Å². The first-order chi connectivity index (χ1) is 3.70. The highest BCUT2D eigenvalue weighted by Gasteiger charge is 1.79. The molecule has 1 heterocycles. The third-order valence-corrected chi connectivity index (χ3v) is 1.01. The highest BCUT2D eigenvalue weighted by atomic mass is 15.0. The molecule has 0 amide bonds. The number of aryl methyl sites for hydroxylation is 2. The minimum atomic E-state index is 0.641. The number of aromatic amines is 1. The molecule has 1 aromatic heterocycles. The largest absolute Gasteiger partial charge is 0.626 e. The molecule has 0 spiro atoms. The van der Waals surface area contributed by atoms with Crippen LogP contribution in [-0.4, -0.2) is 12.8 Å². The van der Waals surface area contributed by atoms with Gasteiger partial charge < -0.3 is 17.4 Å². The summed E-state index contributed by atoms with van der Waals surface area (Å²) in [6.07, 6.45) is 2.94. The van der Waals surface area contributed by atoms with Gasteiger partial charge in [-0.25, -0.2) is 0 Å². The van der Waals surface area contributed by atoms with E-state index < -0.39 is 0 Å². The molecule has 3 heteroatoms. The number of nitrogens with zero attached hydrogens (tertiary/aromatic N) is 1. The van der Waals surface area contributed by atoms with Gasteiger partial charge in [0.1, 0.15) is 0 Å². The quantitative estimate of drug-likeness (QED) is 0.242. The van der Waals surface area contributed by atoms with Gasteiger partial charge in [-0.15, -0.1) is 0 Å². The summed E-state index contributed by atoms with van der Waals surface area (Å²) >= 11 is 0. The summed E-state index contributed by atoms with van der Waals surface area (Å²) in [5, 5.41) is 0. The zero-order valence-corrected chi connectivity index (χ0v) is 5.02. The van der Waals surface area contributed by atoms with Crippen LogP contribution in [0.5, 0.6) is 0 Å². The van der Waals surface area contributed by atoms with Gasteiger partial charge in [0.2, 0.25) is 0 Å². The first kappa shape index (κ1) is 5.41. The lowest BCUT2D eigenvalue weighted by Gasteiger charge is -2.07. The summed E-state index contributed by atoms with van der Waals surface area (Å²) in [7, 11) is 7.26. The van der Waals surface area contributed by atoms with E-state index in [9.17, 15) is 0 Å². The van der Waals surface area contributed by atoms with E-state index in [0.29, 0.717) is 5.72 Å². The van der Waals surface area contributed by atoms with E-state index in [2.05, 4.69) is 11.2 Å². The Morgan fingerprint density at radius 2 is 2.38 bits per heavy atom. The molecule has 1 rings (SSSR count). The van der Waals surface area contributed by atoms with E-state index >= 15 is 0 Å². The van der Waals surface area contributed by atoms with Gasteiger partial charge in [0.05, 0.1) is 0 Å². The second-order valence-electron chi connectivity index (χ2n) is 1.81. The molecule has 0 aromatic carbocycles. The Morgan fingerprint density at radius 3 is 2.50 bits per heavy atom. The van der Waals surface area contributed by atoms with Crippen molar-refractivity contribution in [2.75, 3.05) is 0 Å². The maximum absolute atomic E-state index is 5.42. The summed E-state index contributed by atoms with van der Waals surface area (Å²) in [6, 6.07) is 0. The molecule has 0 unspecified atom stereocenters. The minimum Gasteiger partial charge on any atom is -0.626 e. The smallest absolute Gasteiger partial charge is 0.0423 e. The number of rotatable bonds is 0. The molecular weight excluding hydrogens is 98.9 g/mol. The molecule has 1 aromatic rings. The highest BCUT2D eigenvalue weighted by molar-refractivity contribution is 6.27. The third-order valence-electron chi connectivity index (χ3n) is 1.01. The fourth-order valence-corrected chi connectivity index (χ4v) is 0.616. The van der Waals surface area contributed by atoms with Gasteiger partial charge in [-0.2, -0.15) is 5.72 Å². The average Bonchev–Trinajstić information content (AvgIpc) is 1.85. The van der Waals surface area contributed by atoms with Crippen molar-refractivity contribution in [2.24, 2.45) is 7.05 Å². The average molecular weight is 106 g/mol. The minimum absolute atomic E-state index is 0.641. The molecule has 1 N–H and O–H groups in total. The van der Waals surface area contributed by atoms with Crippen LogP contribution in [0.3, 0.4) is 0 Å². The van der Waals surface area contributed by atoms with Crippen molar-refractivity contribution in [3.8, 4) is 0 Å². The normalized spacial score (nSPS) is 9.88. The van der Waals surface area contributed by atoms with Crippen molar-refractivity contribution < 1.29 is 4.57 Å². The molecule has 0 saturated heterocycles. The van der Waals surface area contributed by atoms with Crippen molar-refractivity contribution in [3.05, 3.63) is 11.9 Å². The molecular formula is C5H7BN2-. The van der Waals surface area contributed by atoms with Crippen molar-refractivity contribution in [3.63, 3.8) is 0 Å². The van der Waals surface area contributed by atoms with E-state index in [1.807, 2.05) is 14.0 Å². The Hall–Kier alpha value is -0.725. The van der Waals surface area contributed by atoms with Crippen LogP contribution in [0.2, 0.25) is 0 Å². The van der Waals surface area contributed by atoms with Crippen LogP contribution in [0.1, 0.15) is 5.69 Å². The van der Waals surface area contributed by atoms with Crippen LogP contribution >= 0.6 is 0 Å². The molecule has 3 radical (unpaired) electrons. The summed E-state index contributed by atoms with van der Waals surface area (Å²) < 4.78 is 1.72. The Morgan fingerprint density at radius 1 is 1.75 bits per heavy atom. The standard InChI is InChI=1S/C5H7BN2/c1-4-3-8(2)5(6)7-4/h7H,1-2H3/q-1. The number of imidazole rings is 1. The number of hydrogen-bond donors (Lipinski definition) is 1. The predicted octanol–water partition coefficient (Wildman–Crippen LogP) is -1.26. The van der Waals surface area contributed by atoms with Crippen molar-refractivity contribution >= 4 is 13.6 Å². The molecule has 0 aliphatic carbocycles. The van der Waals surface area contributed by atoms with Crippen LogP contribution in [0.4, 0.5) is 0 Å². The van der Waals surface area contributed by atoms with E-state index in [4.69, 9.17) is 7.85 Å². The van der Waals surface area contributed by atoms with Gasteiger partial charge >= 0.3 is 0 Å². The zero-order valence-electron chi connectivity index (χ0n) is 5.02. The fourth-order valence-electron chi connectivity index (χ4n) is 0.616. The maximum atomic E-state index is 5.42. The Balaban J connectivity index is 3.14. The van der Waals surface area contributed by atoms with Crippen molar-refractivity contribution in [1.82, 2.24) is 4.98 Å². The van der Waals surface area contributed by atoms with E-state index in [1.165, 1.54) is 0 Å². The van der Waals surface area contributed by atoms with Gasteiger partial charge in [-0.1, -0.05) is 0 Å². The molecule has 41 valence electrons. The van der Waals surface area contributed by atoms with Gasteiger partial charge in [0, 0.05) is 12.7 Å². The lowest BCUT2D eigenvalue weighted by Crippen LogP contribution is -2.43. The number of H-pyrrole nitrogens is 1. The van der Waals surface area contributed by atoms with Crippen LogP contribution in [0.25, 0.3) is 0 Å². The highest BCUT2D eigenvalue weighted by Crippen LogP contribution is 1.75. The molecule has 2 nitrogen and oxygen atoms in total. The molecule has 0 saturated carbocycles. The lowest BCUT2D eigenvalue weighted by atomic mass is 10.1. The number of aromatic nitrogens is 2. The number of nitrogens with one attached hydrogen (secondary N) is 1. The summed E-state index contributed by atoms with van der Waals surface area (Å²) in [5.74, 6) is 0. The second-order valence-corrected chi connectivity index (χ2v) is 1.81. The Bertz CT molecular complexity index is 173. The predicted molar refractivity (Wildman–Crippen MR) is 30.9 cm³/mol. The Kier molecular flexibility index (Phi) is 1.12. The second kappa shape index (κ2) is 1.65. The number of hydrogen-bond acceptors (Lipinski definition) is 0. The lowest BCUT2D eigenvalue weighted by molar-refractivity contribution is -0.656. The molecule has 0 aliphatic rings. The van der Waals surface area contributed by atoms with Crippen LogP contribution < -0.4 is 10.3 Å². The van der Waals surface area contributed by atoms with Gasteiger partial charge in [-0.3, -0.25) is 0 Å². The van der Waals surface area contributed by atoms with Crippen molar-refractivity contribution in [2.45, 2.75) is 6.92 Å². The first-order valence-electron chi connectivity index (χ1n) is 2.43. The topological polar surface area (TPSA) is 19.7 Å². The summed E-state index contributed by atoms with van der Waals surface area (Å²) in [4.78, 5) is 2.89. The molecule has 0 bridgehead atoms. The van der Waals surface area contributed by atoms with Crippen LogP contribution in [-0.2, 0) is 7.05 Å². The summed E-state index contributed by atoms with van der Waals surface area (Å²) in [5.41, 5.74) is 1.60. The fraction of sp³-hybridized carbons (Fsp3) is 0.400. The van der Waals surface area contributed by atoms with Crippen molar-refractivity contribution in [1.29, 1.82) is 0 Å². The molecule has 0 fully saturated rings. The van der Waals surface area contributed by atoms with Gasteiger partial charge in [-0.05, 0) is 13.1 Å². The van der Waals surface area contributed by atoms with E-state index in [1.54, 1.807) is 4.57 Å².